The average molecular weight is 402 g/mol. The number of carbonyl (C=O) groups is 1. The molecule has 0 fully saturated rings. The molecule has 6 nitrogen and oxygen atoms in total. The van der Waals surface area contributed by atoms with Gasteiger partial charge in [-0.3, -0.25) is 9.89 Å². The molecule has 1 amide bonds. The van der Waals surface area contributed by atoms with Crippen molar-refractivity contribution in [1.82, 2.24) is 24.6 Å². The summed E-state index contributed by atoms with van der Waals surface area (Å²) in [6, 6.07) is 16.1. The maximum Gasteiger partial charge on any atom is 0.226 e. The zero-order valence-corrected chi connectivity index (χ0v) is 17.5. The second-order valence-corrected chi connectivity index (χ2v) is 7.93. The van der Waals surface area contributed by atoms with Crippen molar-refractivity contribution in [3.63, 3.8) is 0 Å². The molecule has 3 heterocycles. The van der Waals surface area contributed by atoms with Gasteiger partial charge in [-0.25, -0.2) is 4.98 Å². The van der Waals surface area contributed by atoms with E-state index in [0.29, 0.717) is 12.3 Å². The normalized spacial score (nSPS) is 12.2. The van der Waals surface area contributed by atoms with Gasteiger partial charge in [0.2, 0.25) is 5.91 Å². The van der Waals surface area contributed by atoms with Gasteiger partial charge in [-0.2, -0.15) is 5.10 Å². The van der Waals surface area contributed by atoms with Crippen molar-refractivity contribution >= 4 is 16.9 Å². The van der Waals surface area contributed by atoms with E-state index in [4.69, 9.17) is 4.98 Å². The highest BCUT2D eigenvalue weighted by Crippen LogP contribution is 2.22. The molecule has 1 N–H and O–H groups in total. The summed E-state index contributed by atoms with van der Waals surface area (Å²) in [7, 11) is 1.89. The largest absolute Gasteiger partial charge is 0.346 e. The van der Waals surface area contributed by atoms with Gasteiger partial charge < -0.3 is 9.47 Å². The Bertz CT molecular complexity index is 1100. The Hall–Kier alpha value is -3.41. The molecule has 1 atom stereocenters. The molecular formula is C24H27N5O. The third-order valence-corrected chi connectivity index (χ3v) is 5.51. The summed E-state index contributed by atoms with van der Waals surface area (Å²) in [4.78, 5) is 19.0. The number of nitrogens with zero attached hydrogens (tertiary/aromatic N) is 4. The summed E-state index contributed by atoms with van der Waals surface area (Å²) in [5.41, 5.74) is 5.07. The summed E-state index contributed by atoms with van der Waals surface area (Å²) in [6.45, 7) is 3.89. The van der Waals surface area contributed by atoms with Crippen LogP contribution in [0.25, 0.3) is 22.3 Å². The van der Waals surface area contributed by atoms with Gasteiger partial charge in [0.1, 0.15) is 0 Å². The van der Waals surface area contributed by atoms with Crippen molar-refractivity contribution in [2.45, 2.75) is 26.3 Å². The number of carbonyl (C=O) groups excluding carboxylic acids is 1. The van der Waals surface area contributed by atoms with E-state index in [9.17, 15) is 4.79 Å². The van der Waals surface area contributed by atoms with E-state index >= 15 is 0 Å². The van der Waals surface area contributed by atoms with Gasteiger partial charge >= 0.3 is 0 Å². The lowest BCUT2D eigenvalue weighted by Crippen LogP contribution is -2.30. The molecule has 0 radical (unpaired) electrons. The van der Waals surface area contributed by atoms with Gasteiger partial charge in [-0.1, -0.05) is 37.3 Å². The van der Waals surface area contributed by atoms with Crippen LogP contribution in [0.1, 0.15) is 18.9 Å². The van der Waals surface area contributed by atoms with Gasteiger partial charge in [0.05, 0.1) is 29.3 Å². The zero-order chi connectivity index (χ0) is 20.9. The molecule has 0 aliphatic carbocycles. The number of H-pyrrole nitrogens is 1. The number of aromatic amines is 1. The van der Waals surface area contributed by atoms with E-state index in [1.165, 1.54) is 0 Å². The minimum absolute atomic E-state index is 0.163. The van der Waals surface area contributed by atoms with Crippen LogP contribution < -0.4 is 0 Å². The number of amides is 1. The number of hydrogen-bond acceptors (Lipinski definition) is 3. The molecule has 154 valence electrons. The van der Waals surface area contributed by atoms with Crippen LogP contribution in [-0.4, -0.2) is 44.1 Å². The van der Waals surface area contributed by atoms with Crippen LogP contribution in [0.15, 0.2) is 67.1 Å². The van der Waals surface area contributed by atoms with Gasteiger partial charge in [0, 0.05) is 38.1 Å². The number of likely N-dealkylation sites (N-methyl/N-ethyl adjacent to an activating group) is 1. The Morgan fingerprint density at radius 2 is 2.00 bits per heavy atom. The maximum atomic E-state index is 12.5. The van der Waals surface area contributed by atoms with Gasteiger partial charge in [0.15, 0.2) is 0 Å². The molecule has 30 heavy (non-hydrogen) atoms. The molecule has 0 bridgehead atoms. The topological polar surface area (TPSA) is 66.8 Å². The van der Waals surface area contributed by atoms with Crippen LogP contribution in [0.5, 0.6) is 0 Å². The number of benzene rings is 1. The maximum absolute atomic E-state index is 12.5. The minimum atomic E-state index is 0.163. The molecule has 3 aromatic heterocycles. The fraction of sp³-hybridized carbons (Fsp3) is 0.292. The van der Waals surface area contributed by atoms with Gasteiger partial charge in [-0.05, 0) is 36.1 Å². The quantitative estimate of drug-likeness (QED) is 0.482. The molecule has 6 heteroatoms. The molecule has 4 aromatic rings. The highest BCUT2D eigenvalue weighted by molar-refractivity contribution is 5.79. The summed E-state index contributed by atoms with van der Waals surface area (Å²) in [5, 5.41) is 6.82. The minimum Gasteiger partial charge on any atom is -0.346 e. The third-order valence-electron chi connectivity index (χ3n) is 5.51. The first-order chi connectivity index (χ1) is 14.6. The molecule has 0 aliphatic rings. The van der Waals surface area contributed by atoms with E-state index in [0.717, 1.165) is 47.4 Å². The van der Waals surface area contributed by atoms with Crippen molar-refractivity contribution in [3.05, 3.63) is 72.7 Å². The van der Waals surface area contributed by atoms with E-state index in [1.807, 2.05) is 54.5 Å². The van der Waals surface area contributed by atoms with E-state index in [-0.39, 0.29) is 5.91 Å². The second-order valence-electron chi connectivity index (χ2n) is 7.93. The Morgan fingerprint density at radius 1 is 1.17 bits per heavy atom. The van der Waals surface area contributed by atoms with Crippen LogP contribution in [0.4, 0.5) is 0 Å². The highest BCUT2D eigenvalue weighted by Gasteiger charge is 2.13. The summed E-state index contributed by atoms with van der Waals surface area (Å²) in [5.74, 6) is 0.608. The fourth-order valence-electron chi connectivity index (χ4n) is 3.66. The molecule has 0 saturated carbocycles. The van der Waals surface area contributed by atoms with E-state index < -0.39 is 0 Å². The second kappa shape index (κ2) is 8.95. The van der Waals surface area contributed by atoms with Crippen LogP contribution in [-0.2, 0) is 17.8 Å². The van der Waals surface area contributed by atoms with Crippen molar-refractivity contribution < 1.29 is 4.79 Å². The van der Waals surface area contributed by atoms with Gasteiger partial charge in [-0.15, -0.1) is 0 Å². The van der Waals surface area contributed by atoms with Crippen molar-refractivity contribution in [2.75, 3.05) is 13.6 Å². The predicted octanol–water partition coefficient (Wildman–Crippen LogP) is 4.15. The Balaban J connectivity index is 1.33. The number of rotatable bonds is 8. The first-order valence-corrected chi connectivity index (χ1v) is 10.3. The highest BCUT2D eigenvalue weighted by atomic mass is 16.2. The standard InChI is InChI=1S/C24H27N5O/c1-18(10-12-28(2)24(30)14-19-6-4-3-5-7-19)17-29-13-11-22-23(29)9-8-21(27-22)20-15-25-26-16-20/h3-9,11,13,15-16,18H,10,12,14,17H2,1-2H3,(H,25,26). The number of nitrogens with one attached hydrogen (secondary N) is 1. The van der Waals surface area contributed by atoms with E-state index in [2.05, 4.69) is 40.0 Å². The average Bonchev–Trinajstić information content (AvgIpc) is 3.43. The number of hydrogen-bond donors (Lipinski definition) is 1. The van der Waals surface area contributed by atoms with Crippen molar-refractivity contribution in [2.24, 2.45) is 5.92 Å². The molecule has 0 aliphatic heterocycles. The van der Waals surface area contributed by atoms with Crippen LogP contribution >= 0.6 is 0 Å². The van der Waals surface area contributed by atoms with Crippen molar-refractivity contribution in [3.8, 4) is 11.3 Å². The molecule has 0 spiro atoms. The molecule has 0 saturated heterocycles. The van der Waals surface area contributed by atoms with Crippen LogP contribution in [0.2, 0.25) is 0 Å². The molecule has 4 rings (SSSR count). The monoisotopic (exact) mass is 401 g/mol. The van der Waals surface area contributed by atoms with E-state index in [1.54, 1.807) is 6.20 Å². The predicted molar refractivity (Wildman–Crippen MR) is 119 cm³/mol. The summed E-state index contributed by atoms with van der Waals surface area (Å²) in [6.07, 6.45) is 7.14. The summed E-state index contributed by atoms with van der Waals surface area (Å²) >= 11 is 0. The lowest BCUT2D eigenvalue weighted by Gasteiger charge is -2.20. The Labute approximate surface area is 176 Å². The van der Waals surface area contributed by atoms with Crippen LogP contribution in [0, 0.1) is 5.92 Å². The van der Waals surface area contributed by atoms with Gasteiger partial charge in [0.25, 0.3) is 0 Å². The lowest BCUT2D eigenvalue weighted by molar-refractivity contribution is -0.129. The number of pyridine rings is 1. The smallest absolute Gasteiger partial charge is 0.226 e. The van der Waals surface area contributed by atoms with Crippen LogP contribution in [0.3, 0.4) is 0 Å². The molecule has 1 aromatic carbocycles. The third kappa shape index (κ3) is 4.59. The zero-order valence-electron chi connectivity index (χ0n) is 17.5. The van der Waals surface area contributed by atoms with Crippen molar-refractivity contribution in [1.29, 1.82) is 0 Å². The Morgan fingerprint density at radius 3 is 2.77 bits per heavy atom. The molecule has 1 unspecified atom stereocenters. The number of aromatic nitrogens is 4. The number of fused-ring (bicyclic) bond motifs is 1. The Kier molecular flexibility index (Phi) is 5.93. The SMILES string of the molecule is CC(CCN(C)C(=O)Cc1ccccc1)Cn1ccc2nc(-c3cn[nH]c3)ccc21. The molecular weight excluding hydrogens is 374 g/mol. The first-order valence-electron chi connectivity index (χ1n) is 10.3. The summed E-state index contributed by atoms with van der Waals surface area (Å²) < 4.78 is 2.25. The first kappa shape index (κ1) is 19.9. The lowest BCUT2D eigenvalue weighted by atomic mass is 10.1. The fourth-order valence-corrected chi connectivity index (χ4v) is 3.66.